The fourth-order valence-corrected chi connectivity index (χ4v) is 2.88. The molecule has 0 amide bonds. The monoisotopic (exact) mass is 244 g/mol. The van der Waals surface area contributed by atoms with Gasteiger partial charge in [0.25, 0.3) is 0 Å². The number of benzene rings is 1. The Hall–Kier alpha value is -0.980. The van der Waals surface area contributed by atoms with Gasteiger partial charge in [0.2, 0.25) is 10.0 Å². The summed E-state index contributed by atoms with van der Waals surface area (Å²) in [4.78, 5) is -0.130. The minimum absolute atomic E-state index is 0.130. The van der Waals surface area contributed by atoms with Crippen molar-refractivity contribution in [2.75, 3.05) is 26.3 Å². The molecule has 0 bridgehead atoms. The fraction of sp³-hybridized carbons (Fsp3) is 0.400. The second-order valence-corrected chi connectivity index (χ2v) is 5.29. The van der Waals surface area contributed by atoms with E-state index in [1.54, 1.807) is 0 Å². The van der Waals surface area contributed by atoms with E-state index in [0.29, 0.717) is 26.3 Å². The number of hydrogen-bond acceptors (Lipinski definition) is 3. The lowest BCUT2D eigenvalue weighted by Gasteiger charge is -2.25. The van der Waals surface area contributed by atoms with E-state index in [0.717, 1.165) is 6.07 Å². The van der Waals surface area contributed by atoms with Crippen molar-refractivity contribution < 1.29 is 17.5 Å². The van der Waals surface area contributed by atoms with Crippen LogP contribution in [-0.4, -0.2) is 39.0 Å². The molecule has 1 aromatic carbocycles. The van der Waals surface area contributed by atoms with Gasteiger partial charge in [0.15, 0.2) is 0 Å². The van der Waals surface area contributed by atoms with Crippen LogP contribution in [0, 0.1) is 11.9 Å². The highest BCUT2D eigenvalue weighted by Gasteiger charge is 2.26. The van der Waals surface area contributed by atoms with Gasteiger partial charge in [-0.05, 0) is 12.1 Å². The number of morpholine rings is 1. The largest absolute Gasteiger partial charge is 0.379 e. The molecular formula is C10H11FNO3S. The zero-order chi connectivity index (χ0) is 11.6. The van der Waals surface area contributed by atoms with Crippen LogP contribution in [0.15, 0.2) is 23.1 Å². The first-order valence-corrected chi connectivity index (χ1v) is 6.30. The fourth-order valence-electron chi connectivity index (χ4n) is 1.49. The van der Waals surface area contributed by atoms with Crippen molar-refractivity contribution in [3.63, 3.8) is 0 Å². The Labute approximate surface area is 93.7 Å². The van der Waals surface area contributed by atoms with E-state index in [2.05, 4.69) is 6.07 Å². The lowest BCUT2D eigenvalue weighted by molar-refractivity contribution is 0.0730. The predicted molar refractivity (Wildman–Crippen MR) is 54.8 cm³/mol. The quantitative estimate of drug-likeness (QED) is 0.767. The number of halogens is 1. The van der Waals surface area contributed by atoms with Crippen LogP contribution in [0.5, 0.6) is 0 Å². The summed E-state index contributed by atoms with van der Waals surface area (Å²) < 4.78 is 43.3. The molecule has 1 heterocycles. The first kappa shape index (κ1) is 11.5. The topological polar surface area (TPSA) is 46.6 Å². The molecule has 0 saturated carbocycles. The van der Waals surface area contributed by atoms with Crippen molar-refractivity contribution >= 4 is 10.0 Å². The Bertz CT molecular complexity index is 469. The number of hydrogen-bond donors (Lipinski definition) is 0. The molecule has 0 aromatic heterocycles. The minimum atomic E-state index is -3.63. The van der Waals surface area contributed by atoms with Gasteiger partial charge in [-0.3, -0.25) is 0 Å². The molecule has 1 fully saturated rings. The number of rotatable bonds is 2. The maximum absolute atomic E-state index is 12.9. The Morgan fingerprint density at radius 2 is 2.06 bits per heavy atom. The van der Waals surface area contributed by atoms with E-state index in [-0.39, 0.29) is 4.90 Å². The Kier molecular flexibility index (Phi) is 3.22. The molecule has 4 nitrogen and oxygen atoms in total. The Morgan fingerprint density at radius 1 is 1.38 bits per heavy atom. The van der Waals surface area contributed by atoms with Gasteiger partial charge in [-0.1, -0.05) is 6.07 Å². The third-order valence-electron chi connectivity index (χ3n) is 2.33. The summed E-state index contributed by atoms with van der Waals surface area (Å²) in [5.41, 5.74) is 0. The molecule has 6 heteroatoms. The van der Waals surface area contributed by atoms with Gasteiger partial charge in [-0.15, -0.1) is 0 Å². The van der Waals surface area contributed by atoms with Crippen LogP contribution in [0.3, 0.4) is 0 Å². The van der Waals surface area contributed by atoms with Crippen LogP contribution >= 0.6 is 0 Å². The minimum Gasteiger partial charge on any atom is -0.379 e. The van der Waals surface area contributed by atoms with E-state index in [1.807, 2.05) is 0 Å². The normalized spacial score (nSPS) is 18.6. The molecule has 2 rings (SSSR count). The highest BCUT2D eigenvalue weighted by Crippen LogP contribution is 2.16. The van der Waals surface area contributed by atoms with Gasteiger partial charge < -0.3 is 4.74 Å². The molecular weight excluding hydrogens is 233 g/mol. The summed E-state index contributed by atoms with van der Waals surface area (Å²) in [5.74, 6) is -0.578. The van der Waals surface area contributed by atoms with E-state index in [9.17, 15) is 12.8 Å². The van der Waals surface area contributed by atoms with Gasteiger partial charge >= 0.3 is 0 Å². The lowest BCUT2D eigenvalue weighted by atomic mass is 10.4. The van der Waals surface area contributed by atoms with Crippen LogP contribution in [0.2, 0.25) is 0 Å². The van der Waals surface area contributed by atoms with Gasteiger partial charge in [-0.2, -0.15) is 4.31 Å². The van der Waals surface area contributed by atoms with Gasteiger partial charge in [0, 0.05) is 19.2 Å². The highest BCUT2D eigenvalue weighted by atomic mass is 32.2. The van der Waals surface area contributed by atoms with E-state index in [1.165, 1.54) is 16.4 Å². The molecule has 87 valence electrons. The van der Waals surface area contributed by atoms with Crippen LogP contribution in [-0.2, 0) is 14.8 Å². The van der Waals surface area contributed by atoms with Crippen LogP contribution in [0.4, 0.5) is 4.39 Å². The van der Waals surface area contributed by atoms with Crippen LogP contribution in [0.25, 0.3) is 0 Å². The molecule has 1 aromatic rings. The van der Waals surface area contributed by atoms with Crippen molar-refractivity contribution in [1.82, 2.24) is 4.31 Å². The average molecular weight is 244 g/mol. The van der Waals surface area contributed by atoms with Crippen molar-refractivity contribution in [2.24, 2.45) is 0 Å². The zero-order valence-corrected chi connectivity index (χ0v) is 9.34. The van der Waals surface area contributed by atoms with Crippen LogP contribution in [0.1, 0.15) is 0 Å². The second-order valence-electron chi connectivity index (χ2n) is 3.39. The zero-order valence-electron chi connectivity index (χ0n) is 8.52. The molecule has 1 radical (unpaired) electrons. The van der Waals surface area contributed by atoms with Crippen LogP contribution < -0.4 is 0 Å². The molecule has 0 aliphatic carbocycles. The van der Waals surface area contributed by atoms with Gasteiger partial charge in [0.05, 0.1) is 18.1 Å². The third kappa shape index (κ3) is 2.23. The molecule has 0 unspecified atom stereocenters. The molecule has 1 saturated heterocycles. The summed E-state index contributed by atoms with van der Waals surface area (Å²) in [6, 6.07) is 5.94. The molecule has 1 aliphatic heterocycles. The van der Waals surface area contributed by atoms with Crippen molar-refractivity contribution in [3.8, 4) is 0 Å². The Morgan fingerprint density at radius 3 is 2.69 bits per heavy atom. The average Bonchev–Trinajstić information content (AvgIpc) is 2.30. The van der Waals surface area contributed by atoms with Gasteiger partial charge in [0.1, 0.15) is 5.82 Å². The van der Waals surface area contributed by atoms with Crippen molar-refractivity contribution in [1.29, 1.82) is 0 Å². The van der Waals surface area contributed by atoms with Crippen molar-refractivity contribution in [3.05, 3.63) is 30.1 Å². The first-order valence-electron chi connectivity index (χ1n) is 4.86. The molecule has 0 atom stereocenters. The van der Waals surface area contributed by atoms with E-state index < -0.39 is 15.8 Å². The maximum Gasteiger partial charge on any atom is 0.243 e. The smallest absolute Gasteiger partial charge is 0.243 e. The maximum atomic E-state index is 12.9. The molecule has 0 N–H and O–H groups in total. The van der Waals surface area contributed by atoms with Crippen molar-refractivity contribution in [2.45, 2.75) is 4.90 Å². The Balaban J connectivity index is 2.30. The molecule has 1 aliphatic rings. The highest BCUT2D eigenvalue weighted by molar-refractivity contribution is 7.89. The summed E-state index contributed by atoms with van der Waals surface area (Å²) in [6.45, 7) is 1.34. The molecule has 0 spiro atoms. The number of sulfonamides is 1. The summed E-state index contributed by atoms with van der Waals surface area (Å²) in [6.07, 6.45) is 0. The summed E-state index contributed by atoms with van der Waals surface area (Å²) in [7, 11) is -3.63. The first-order chi connectivity index (χ1) is 7.60. The number of ether oxygens (including phenoxy) is 1. The predicted octanol–water partition coefficient (Wildman–Crippen LogP) is 0.647. The summed E-state index contributed by atoms with van der Waals surface area (Å²) >= 11 is 0. The summed E-state index contributed by atoms with van der Waals surface area (Å²) in [5, 5.41) is 0. The number of nitrogens with zero attached hydrogens (tertiary/aromatic N) is 1. The molecule has 16 heavy (non-hydrogen) atoms. The second kappa shape index (κ2) is 4.48. The third-order valence-corrected chi connectivity index (χ3v) is 4.16. The van der Waals surface area contributed by atoms with Gasteiger partial charge in [-0.25, -0.2) is 12.8 Å². The lowest BCUT2D eigenvalue weighted by Crippen LogP contribution is -2.40. The van der Waals surface area contributed by atoms with E-state index >= 15 is 0 Å². The standard InChI is InChI=1S/C10H11FNO3S/c11-9-2-1-3-10(8-9)16(13,14)12-4-6-15-7-5-12/h1-2,8H,4-7H2. The SMILES string of the molecule is O=S(=O)(c1[c]ccc(F)c1)N1CCOCC1. The van der Waals surface area contributed by atoms with E-state index in [4.69, 9.17) is 4.74 Å².